The predicted octanol–water partition coefficient (Wildman–Crippen LogP) is 2.74. The summed E-state index contributed by atoms with van der Waals surface area (Å²) in [4.78, 5) is 26.5. The molecule has 1 aromatic carbocycles. The topological polar surface area (TPSA) is 85.8 Å². The summed E-state index contributed by atoms with van der Waals surface area (Å²) in [6.07, 6.45) is 2.36. The van der Waals surface area contributed by atoms with Crippen molar-refractivity contribution in [2.24, 2.45) is 17.6 Å². The number of ether oxygens (including phenoxy) is 1. The zero-order valence-corrected chi connectivity index (χ0v) is 17.0. The number of amides is 1. The molecule has 2 fully saturated rings. The molecule has 2 N–H and O–H groups in total. The van der Waals surface area contributed by atoms with Crippen molar-refractivity contribution in [3.63, 3.8) is 0 Å². The number of rotatable bonds is 4. The van der Waals surface area contributed by atoms with E-state index in [4.69, 9.17) is 14.9 Å². The highest BCUT2D eigenvalue weighted by Crippen LogP contribution is 2.36. The van der Waals surface area contributed by atoms with Crippen molar-refractivity contribution in [2.75, 3.05) is 13.1 Å². The molecular weight excluding hydrogens is 380 g/mol. The van der Waals surface area contributed by atoms with Gasteiger partial charge in [-0.05, 0) is 55.7 Å². The number of carbonyl (C=O) groups is 1. The molecule has 0 radical (unpaired) electrons. The Morgan fingerprint density at radius 1 is 1.29 bits per heavy atom. The van der Waals surface area contributed by atoms with Gasteiger partial charge in [0.05, 0.1) is 0 Å². The van der Waals surface area contributed by atoms with Crippen LogP contribution in [0.1, 0.15) is 32.3 Å². The van der Waals surface area contributed by atoms with Crippen molar-refractivity contribution >= 4 is 29.3 Å². The Balaban J connectivity index is 0.00000225. The first-order chi connectivity index (χ1) is 13.0. The van der Waals surface area contributed by atoms with Gasteiger partial charge in [0.25, 0.3) is 5.91 Å². The van der Waals surface area contributed by atoms with E-state index < -0.39 is 6.10 Å². The molecule has 152 valence electrons. The van der Waals surface area contributed by atoms with Crippen LogP contribution in [-0.4, -0.2) is 36.0 Å². The summed E-state index contributed by atoms with van der Waals surface area (Å²) in [7, 11) is 0. The monoisotopic (exact) mass is 406 g/mol. The lowest BCUT2D eigenvalue weighted by molar-refractivity contribution is -0.140. The fourth-order valence-electron chi connectivity index (χ4n) is 4.53. The van der Waals surface area contributed by atoms with Crippen LogP contribution >= 0.6 is 12.4 Å². The van der Waals surface area contributed by atoms with E-state index in [-0.39, 0.29) is 30.0 Å². The van der Waals surface area contributed by atoms with Crippen LogP contribution in [0.4, 0.5) is 0 Å². The summed E-state index contributed by atoms with van der Waals surface area (Å²) in [6, 6.07) is 7.13. The van der Waals surface area contributed by atoms with Crippen LogP contribution in [0.15, 0.2) is 33.5 Å². The van der Waals surface area contributed by atoms with Gasteiger partial charge in [0, 0.05) is 36.7 Å². The number of nitrogens with two attached hydrogens (primary N) is 1. The number of halogens is 1. The van der Waals surface area contributed by atoms with E-state index in [1.54, 1.807) is 13.0 Å². The van der Waals surface area contributed by atoms with Gasteiger partial charge in [-0.3, -0.25) is 4.79 Å². The van der Waals surface area contributed by atoms with E-state index in [1.807, 2.05) is 24.0 Å². The molecule has 1 aliphatic carbocycles. The van der Waals surface area contributed by atoms with Crippen molar-refractivity contribution in [1.29, 1.82) is 0 Å². The SMILES string of the molecule is CCc1cc(=O)oc2cc(OC(C)C(=O)N3C[C@H]4CC[C@@H](C3)C4N)ccc12.Cl. The highest BCUT2D eigenvalue weighted by Gasteiger charge is 2.42. The Kier molecular flexibility index (Phi) is 6.01. The molecule has 2 unspecified atom stereocenters. The first kappa shape index (κ1) is 20.7. The molecule has 4 atom stereocenters. The largest absolute Gasteiger partial charge is 0.481 e. The van der Waals surface area contributed by atoms with Crippen LogP contribution in [0.5, 0.6) is 5.75 Å². The van der Waals surface area contributed by atoms with Crippen molar-refractivity contribution in [1.82, 2.24) is 4.90 Å². The lowest BCUT2D eigenvalue weighted by atomic mass is 9.93. The molecule has 6 nitrogen and oxygen atoms in total. The van der Waals surface area contributed by atoms with Gasteiger partial charge in [-0.15, -0.1) is 12.4 Å². The molecule has 1 amide bonds. The third-order valence-corrected chi connectivity index (χ3v) is 6.06. The molecule has 1 aromatic heterocycles. The lowest BCUT2D eigenvalue weighted by Crippen LogP contribution is -2.53. The Morgan fingerprint density at radius 3 is 2.61 bits per heavy atom. The van der Waals surface area contributed by atoms with Gasteiger partial charge >= 0.3 is 5.63 Å². The Bertz CT molecular complexity index is 914. The first-order valence-corrected chi connectivity index (χ1v) is 9.74. The molecule has 1 saturated heterocycles. The summed E-state index contributed by atoms with van der Waals surface area (Å²) >= 11 is 0. The second-order valence-electron chi connectivity index (χ2n) is 7.78. The highest BCUT2D eigenvalue weighted by molar-refractivity contribution is 5.85. The van der Waals surface area contributed by atoms with Crippen molar-refractivity contribution in [2.45, 2.75) is 45.3 Å². The number of benzene rings is 1. The number of carbonyl (C=O) groups excluding carboxylic acids is 1. The van der Waals surface area contributed by atoms with Crippen LogP contribution in [0.2, 0.25) is 0 Å². The second kappa shape index (κ2) is 8.13. The zero-order valence-electron chi connectivity index (χ0n) is 16.2. The third kappa shape index (κ3) is 3.76. The first-order valence-electron chi connectivity index (χ1n) is 9.74. The Morgan fingerprint density at radius 2 is 1.96 bits per heavy atom. The van der Waals surface area contributed by atoms with Crippen LogP contribution in [0.25, 0.3) is 11.0 Å². The Hall–Kier alpha value is -2.05. The van der Waals surface area contributed by atoms with Gasteiger partial charge in [0.1, 0.15) is 11.3 Å². The van der Waals surface area contributed by atoms with Gasteiger partial charge in [-0.25, -0.2) is 4.79 Å². The van der Waals surface area contributed by atoms with Crippen molar-refractivity contribution in [3.8, 4) is 5.75 Å². The summed E-state index contributed by atoms with van der Waals surface area (Å²) in [5, 5.41) is 0.894. The molecule has 1 aliphatic heterocycles. The minimum absolute atomic E-state index is 0. The summed E-state index contributed by atoms with van der Waals surface area (Å²) < 4.78 is 11.2. The highest BCUT2D eigenvalue weighted by atomic mass is 35.5. The van der Waals surface area contributed by atoms with Gasteiger partial charge in [0.15, 0.2) is 6.10 Å². The summed E-state index contributed by atoms with van der Waals surface area (Å²) in [5.41, 5.74) is 7.28. The lowest BCUT2D eigenvalue weighted by Gasteiger charge is -2.37. The number of nitrogens with zero attached hydrogens (tertiary/aromatic N) is 1. The molecule has 2 aliphatic rings. The summed E-state index contributed by atoms with van der Waals surface area (Å²) in [5.74, 6) is 1.32. The average Bonchev–Trinajstić information content (AvgIpc) is 2.86. The van der Waals surface area contributed by atoms with Crippen molar-refractivity contribution < 1.29 is 13.9 Å². The van der Waals surface area contributed by atoms with E-state index in [0.29, 0.717) is 23.2 Å². The number of hydrogen-bond donors (Lipinski definition) is 1. The standard InChI is InChI=1S/C21H26N2O4.ClH/c1-3-13-8-19(24)27-18-9-16(6-7-17(13)18)26-12(2)21(25)23-10-14-4-5-15(11-23)20(14)22;/h6-9,12,14-15,20H,3-5,10-11,22H2,1-2H3;1H/t12?,14-,15+,20?;. The number of hydrogen-bond acceptors (Lipinski definition) is 5. The molecule has 7 heteroatoms. The molecule has 2 heterocycles. The van der Waals surface area contributed by atoms with Crippen LogP contribution < -0.4 is 16.1 Å². The van der Waals surface area contributed by atoms with Gasteiger partial charge < -0.3 is 19.8 Å². The quantitative estimate of drug-likeness (QED) is 0.789. The van der Waals surface area contributed by atoms with E-state index in [9.17, 15) is 9.59 Å². The van der Waals surface area contributed by atoms with Crippen molar-refractivity contribution in [3.05, 3.63) is 40.2 Å². The third-order valence-electron chi connectivity index (χ3n) is 6.06. The smallest absolute Gasteiger partial charge is 0.336 e. The normalized spacial score (nSPS) is 24.7. The summed E-state index contributed by atoms with van der Waals surface area (Å²) in [6.45, 7) is 5.20. The van der Waals surface area contributed by atoms with E-state index in [1.165, 1.54) is 6.07 Å². The van der Waals surface area contributed by atoms with Crippen LogP contribution in [0.3, 0.4) is 0 Å². The number of fused-ring (bicyclic) bond motifs is 3. The maximum absolute atomic E-state index is 12.8. The fraction of sp³-hybridized carbons (Fsp3) is 0.524. The maximum atomic E-state index is 12.8. The molecule has 2 bridgehead atoms. The molecule has 1 saturated carbocycles. The van der Waals surface area contributed by atoms with Crippen LogP contribution in [-0.2, 0) is 11.2 Å². The van der Waals surface area contributed by atoms with E-state index in [0.717, 1.165) is 43.3 Å². The van der Waals surface area contributed by atoms with Gasteiger partial charge in [-0.1, -0.05) is 6.92 Å². The zero-order chi connectivity index (χ0) is 19.1. The van der Waals surface area contributed by atoms with E-state index in [2.05, 4.69) is 0 Å². The fourth-order valence-corrected chi connectivity index (χ4v) is 4.53. The maximum Gasteiger partial charge on any atom is 0.336 e. The van der Waals surface area contributed by atoms with E-state index >= 15 is 0 Å². The molecule has 4 rings (SSSR count). The molecular formula is C21H27ClN2O4. The molecule has 2 aromatic rings. The average molecular weight is 407 g/mol. The minimum Gasteiger partial charge on any atom is -0.481 e. The number of piperidine rings is 1. The minimum atomic E-state index is -0.600. The van der Waals surface area contributed by atoms with Gasteiger partial charge in [0.2, 0.25) is 0 Å². The molecule has 0 spiro atoms. The number of aryl methyl sites for hydroxylation is 1. The molecule has 28 heavy (non-hydrogen) atoms. The number of likely N-dealkylation sites (tertiary alicyclic amines) is 1. The van der Waals surface area contributed by atoms with Crippen LogP contribution in [0, 0.1) is 11.8 Å². The second-order valence-corrected chi connectivity index (χ2v) is 7.78. The predicted molar refractivity (Wildman–Crippen MR) is 110 cm³/mol. The Labute approximate surface area is 170 Å². The van der Waals surface area contributed by atoms with Gasteiger partial charge in [-0.2, -0.15) is 0 Å².